The number of halogens is 5. The molecule has 4 rings (SSSR count). The number of carbonyl (C=O) groups is 1. The maximum atomic E-state index is 13.6. The predicted molar refractivity (Wildman–Crippen MR) is 85.7 cm³/mol. The summed E-state index contributed by atoms with van der Waals surface area (Å²) >= 11 is 0. The SMILES string of the molecule is F[B-](F)(F)F.O=C1NC2(CCOc3ccc(F)cc32)N=[N+]1c1ccccc1. The number of benzene rings is 2. The molecule has 27 heavy (non-hydrogen) atoms. The first-order valence-electron chi connectivity index (χ1n) is 7.88. The molecule has 2 aliphatic heterocycles. The molecule has 1 atom stereocenters. The highest BCUT2D eigenvalue weighted by atomic mass is 19.5. The fourth-order valence-corrected chi connectivity index (χ4v) is 2.84. The third kappa shape index (κ3) is 4.23. The Morgan fingerprint density at radius 3 is 2.44 bits per heavy atom. The molecule has 1 unspecified atom stereocenters. The number of carbonyl (C=O) groups excluding carboxylic acids is 1. The zero-order valence-electron chi connectivity index (χ0n) is 13.7. The van der Waals surface area contributed by atoms with Crippen LogP contribution in [0.1, 0.15) is 12.0 Å². The first-order valence-corrected chi connectivity index (χ1v) is 7.88. The van der Waals surface area contributed by atoms with Crippen molar-refractivity contribution >= 4 is 19.0 Å². The van der Waals surface area contributed by atoms with Crippen molar-refractivity contribution in [2.75, 3.05) is 6.61 Å². The van der Waals surface area contributed by atoms with E-state index in [0.717, 1.165) is 0 Å². The van der Waals surface area contributed by atoms with Crippen LogP contribution in [-0.4, -0.2) is 24.6 Å². The molecule has 142 valence electrons. The van der Waals surface area contributed by atoms with Crippen LogP contribution in [0.2, 0.25) is 0 Å². The van der Waals surface area contributed by atoms with Gasteiger partial charge in [0.05, 0.1) is 18.6 Å². The van der Waals surface area contributed by atoms with Gasteiger partial charge in [-0.15, -0.1) is 0 Å². The lowest BCUT2D eigenvalue weighted by Crippen LogP contribution is -2.43. The number of hydrogen-bond acceptors (Lipinski definition) is 3. The van der Waals surface area contributed by atoms with Crippen molar-refractivity contribution in [2.24, 2.45) is 5.11 Å². The summed E-state index contributed by atoms with van der Waals surface area (Å²) in [5.41, 5.74) is 0.245. The Morgan fingerprint density at radius 1 is 1.11 bits per heavy atom. The van der Waals surface area contributed by atoms with Crippen LogP contribution in [0.3, 0.4) is 0 Å². The van der Waals surface area contributed by atoms with Crippen molar-refractivity contribution in [1.82, 2.24) is 5.32 Å². The lowest BCUT2D eigenvalue weighted by atomic mass is 9.94. The van der Waals surface area contributed by atoms with Gasteiger partial charge in [0.1, 0.15) is 11.6 Å². The van der Waals surface area contributed by atoms with Gasteiger partial charge < -0.3 is 22.0 Å². The number of fused-ring (bicyclic) bond motifs is 2. The molecule has 0 bridgehead atoms. The average Bonchev–Trinajstić information content (AvgIpc) is 2.92. The second-order valence-corrected chi connectivity index (χ2v) is 5.77. The standard InChI is InChI=1S/C16H12FN3O2.BF4/c17-11-6-7-14-13(10-11)16(8-9-22-14)18-15(21)20(19-16)12-4-2-1-3-5-12;2-1(3,4)5/h1-7,10H,8-9H2;/q;-1/p+1. The van der Waals surface area contributed by atoms with Crippen LogP contribution in [0.4, 0.5) is 32.1 Å². The Kier molecular flexibility index (Phi) is 4.86. The number of ether oxygens (including phenoxy) is 1. The van der Waals surface area contributed by atoms with Crippen molar-refractivity contribution in [1.29, 1.82) is 0 Å². The Hall–Kier alpha value is -2.98. The van der Waals surface area contributed by atoms with E-state index in [4.69, 9.17) is 4.74 Å². The highest BCUT2D eigenvalue weighted by Crippen LogP contribution is 2.41. The van der Waals surface area contributed by atoms with E-state index in [0.29, 0.717) is 30.0 Å². The third-order valence-electron chi connectivity index (χ3n) is 3.89. The molecule has 2 aromatic rings. The zero-order valence-corrected chi connectivity index (χ0v) is 13.7. The normalized spacial score (nSPS) is 20.8. The minimum atomic E-state index is -6.00. The number of amides is 2. The van der Waals surface area contributed by atoms with Gasteiger partial charge in [0, 0.05) is 0 Å². The summed E-state index contributed by atoms with van der Waals surface area (Å²) < 4.78 is 59.5. The summed E-state index contributed by atoms with van der Waals surface area (Å²) in [6, 6.07) is 13.1. The molecule has 2 aromatic carbocycles. The highest BCUT2D eigenvalue weighted by molar-refractivity contribution is 6.50. The van der Waals surface area contributed by atoms with Gasteiger partial charge in [-0.25, -0.2) is 9.71 Å². The van der Waals surface area contributed by atoms with E-state index in [1.54, 1.807) is 18.2 Å². The molecule has 2 aliphatic rings. The Balaban J connectivity index is 0.000000376. The number of nitrogens with one attached hydrogen (secondary N) is 1. The first-order chi connectivity index (χ1) is 12.7. The number of urea groups is 1. The van der Waals surface area contributed by atoms with Gasteiger partial charge in [-0.05, 0) is 30.3 Å². The van der Waals surface area contributed by atoms with Crippen molar-refractivity contribution in [3.05, 3.63) is 59.9 Å². The molecule has 0 fully saturated rings. The molecule has 1 N–H and O–H groups in total. The van der Waals surface area contributed by atoms with Crippen molar-refractivity contribution in [3.63, 3.8) is 0 Å². The van der Waals surface area contributed by atoms with E-state index in [-0.39, 0.29) is 11.8 Å². The van der Waals surface area contributed by atoms with E-state index in [9.17, 15) is 26.4 Å². The largest absolute Gasteiger partial charge is 0.673 e. The Bertz CT molecular complexity index is 885. The zero-order chi connectivity index (χ0) is 19.7. The van der Waals surface area contributed by atoms with Crippen molar-refractivity contribution in [3.8, 4) is 5.75 Å². The van der Waals surface area contributed by atoms with Crippen LogP contribution in [-0.2, 0) is 5.66 Å². The van der Waals surface area contributed by atoms with Gasteiger partial charge in [-0.3, -0.25) is 0 Å². The number of rotatable bonds is 1. The van der Waals surface area contributed by atoms with E-state index in [1.807, 2.05) is 18.2 Å². The number of nitrogens with zero attached hydrogens (tertiary/aromatic N) is 2. The molecule has 11 heteroatoms. The third-order valence-corrected chi connectivity index (χ3v) is 3.89. The van der Waals surface area contributed by atoms with Crippen LogP contribution in [0.25, 0.3) is 0 Å². The fourth-order valence-electron chi connectivity index (χ4n) is 2.84. The van der Waals surface area contributed by atoms with E-state index >= 15 is 0 Å². The van der Waals surface area contributed by atoms with E-state index in [1.165, 1.54) is 16.8 Å². The van der Waals surface area contributed by atoms with Gasteiger partial charge >= 0.3 is 13.3 Å². The molecule has 0 aromatic heterocycles. The van der Waals surface area contributed by atoms with E-state index < -0.39 is 12.9 Å². The molecule has 0 aliphatic carbocycles. The second kappa shape index (κ2) is 6.97. The predicted octanol–water partition coefficient (Wildman–Crippen LogP) is 4.58. The molecule has 2 heterocycles. The quantitative estimate of drug-likeness (QED) is 0.444. The van der Waals surface area contributed by atoms with E-state index in [2.05, 4.69) is 10.4 Å². The topological polar surface area (TPSA) is 53.7 Å². The maximum Gasteiger partial charge on any atom is 0.673 e. The van der Waals surface area contributed by atoms with Gasteiger partial charge in [-0.1, -0.05) is 28.0 Å². The lowest BCUT2D eigenvalue weighted by Gasteiger charge is -2.27. The number of para-hydroxylation sites is 1. The highest BCUT2D eigenvalue weighted by Gasteiger charge is 2.52. The summed E-state index contributed by atoms with van der Waals surface area (Å²) in [6.07, 6.45) is 0.457. The summed E-state index contributed by atoms with van der Waals surface area (Å²) in [5, 5.41) is 7.41. The number of hydrogen-bond donors (Lipinski definition) is 1. The molecule has 0 saturated heterocycles. The van der Waals surface area contributed by atoms with Crippen molar-refractivity contribution in [2.45, 2.75) is 12.1 Å². The van der Waals surface area contributed by atoms with Crippen molar-refractivity contribution < 1.29 is 35.9 Å². The van der Waals surface area contributed by atoms with Crippen LogP contribution in [0.5, 0.6) is 5.75 Å². The van der Waals surface area contributed by atoms with Crippen LogP contribution < -0.4 is 10.1 Å². The Morgan fingerprint density at radius 2 is 1.78 bits per heavy atom. The summed E-state index contributed by atoms with van der Waals surface area (Å²) in [7, 11) is -6.00. The maximum absolute atomic E-state index is 13.6. The first kappa shape index (κ1) is 18.8. The monoisotopic (exact) mass is 385 g/mol. The average molecular weight is 385 g/mol. The van der Waals surface area contributed by atoms with Crippen LogP contribution in [0, 0.1) is 5.82 Å². The summed E-state index contributed by atoms with van der Waals surface area (Å²) in [5.74, 6) is 0.165. The summed E-state index contributed by atoms with van der Waals surface area (Å²) in [4.78, 5) is 12.3. The van der Waals surface area contributed by atoms with Gasteiger partial charge in [-0.2, -0.15) is 4.79 Å². The molecule has 0 radical (unpaired) electrons. The molecule has 0 saturated carbocycles. The summed E-state index contributed by atoms with van der Waals surface area (Å²) in [6.45, 7) is 0.408. The smallest absolute Gasteiger partial charge is 0.493 e. The molecular weight excluding hydrogens is 372 g/mol. The molecule has 1 spiro atoms. The number of azo groups is 2. The minimum absolute atomic E-state index is 0.330. The Labute approximate surface area is 150 Å². The fraction of sp³-hybridized carbons (Fsp3) is 0.188. The van der Waals surface area contributed by atoms with Gasteiger partial charge in [0.25, 0.3) is 5.66 Å². The van der Waals surface area contributed by atoms with Gasteiger partial charge in [0.2, 0.25) is 0 Å². The van der Waals surface area contributed by atoms with Crippen LogP contribution >= 0.6 is 0 Å². The second-order valence-electron chi connectivity index (χ2n) is 5.77. The molecule has 2 amide bonds. The van der Waals surface area contributed by atoms with Gasteiger partial charge in [0.15, 0.2) is 5.69 Å². The molecular formula is C16H13BF5N3O2. The molecule has 5 nitrogen and oxygen atoms in total. The minimum Gasteiger partial charge on any atom is -0.493 e. The lowest BCUT2D eigenvalue weighted by molar-refractivity contribution is -0.404. The van der Waals surface area contributed by atoms with Crippen LogP contribution in [0.15, 0.2) is 53.6 Å².